The van der Waals surface area contributed by atoms with Crippen molar-refractivity contribution in [2.45, 2.75) is 6.54 Å². The average molecular weight is 259 g/mol. The Hall–Kier alpha value is -2.63. The molecule has 0 unspecified atom stereocenters. The summed E-state index contributed by atoms with van der Waals surface area (Å²) in [6, 6.07) is 7.34. The molecule has 0 aliphatic heterocycles. The van der Waals surface area contributed by atoms with Crippen molar-refractivity contribution in [3.8, 4) is 5.75 Å². The van der Waals surface area contributed by atoms with Gasteiger partial charge in [-0.25, -0.2) is 4.98 Å². The van der Waals surface area contributed by atoms with E-state index >= 15 is 0 Å². The fraction of sp³-hybridized carbons (Fsp3) is 0.154. The summed E-state index contributed by atoms with van der Waals surface area (Å²) in [6.07, 6.45) is 2.47. The van der Waals surface area contributed by atoms with Gasteiger partial charge in [-0.15, -0.1) is 0 Å². The number of aromatic nitrogens is 2. The Morgan fingerprint density at radius 1 is 1.42 bits per heavy atom. The molecule has 98 valence electrons. The van der Waals surface area contributed by atoms with Crippen LogP contribution in [0.25, 0.3) is 0 Å². The van der Waals surface area contributed by atoms with E-state index in [9.17, 15) is 9.59 Å². The molecule has 0 atom stereocenters. The van der Waals surface area contributed by atoms with Crippen molar-refractivity contribution < 1.29 is 9.53 Å². The second-order valence-electron chi connectivity index (χ2n) is 3.79. The predicted molar refractivity (Wildman–Crippen MR) is 69.0 cm³/mol. The Bertz CT molecular complexity index is 637. The molecule has 19 heavy (non-hydrogen) atoms. The molecule has 0 spiro atoms. The summed E-state index contributed by atoms with van der Waals surface area (Å²) < 4.78 is 5.18. The number of hydrogen-bond donors (Lipinski definition) is 2. The lowest BCUT2D eigenvalue weighted by Gasteiger charge is -2.09. The van der Waals surface area contributed by atoms with Crippen LogP contribution in [0.5, 0.6) is 5.75 Å². The average Bonchev–Trinajstić information content (AvgIpc) is 2.45. The van der Waals surface area contributed by atoms with E-state index in [1.54, 1.807) is 13.2 Å². The molecule has 2 rings (SSSR count). The molecule has 0 saturated heterocycles. The lowest BCUT2D eigenvalue weighted by molar-refractivity contribution is 0.0948. The molecule has 1 aromatic carbocycles. The first kappa shape index (κ1) is 12.8. The van der Waals surface area contributed by atoms with Crippen molar-refractivity contribution >= 4 is 5.91 Å². The number of carbonyl (C=O) groups is 1. The minimum absolute atomic E-state index is 0.0163. The maximum absolute atomic E-state index is 11.8. The van der Waals surface area contributed by atoms with E-state index in [0.29, 0.717) is 5.75 Å². The summed E-state index contributed by atoms with van der Waals surface area (Å²) in [5.74, 6) is 0.211. The molecule has 6 nitrogen and oxygen atoms in total. The standard InChI is InChI=1S/C13H13N3O3/c1-19-11-5-3-2-4-9(11)6-15-12(17)10-7-14-8-16-13(10)18/h2-5,7-8H,6H2,1H3,(H,15,17)(H,14,16,18). The zero-order valence-electron chi connectivity index (χ0n) is 10.3. The summed E-state index contributed by atoms with van der Waals surface area (Å²) in [4.78, 5) is 29.3. The topological polar surface area (TPSA) is 84.1 Å². The Morgan fingerprint density at radius 2 is 2.21 bits per heavy atom. The molecule has 6 heteroatoms. The van der Waals surface area contributed by atoms with Gasteiger partial charge in [-0.2, -0.15) is 0 Å². The van der Waals surface area contributed by atoms with E-state index in [-0.39, 0.29) is 12.1 Å². The second kappa shape index (κ2) is 5.81. The molecule has 1 heterocycles. The normalized spacial score (nSPS) is 9.95. The number of nitrogens with one attached hydrogen (secondary N) is 2. The minimum atomic E-state index is -0.472. The number of methoxy groups -OCH3 is 1. The summed E-state index contributed by atoms with van der Waals surface area (Å²) in [7, 11) is 1.56. The molecular weight excluding hydrogens is 246 g/mol. The molecule has 0 aliphatic carbocycles. The van der Waals surface area contributed by atoms with E-state index in [2.05, 4.69) is 15.3 Å². The first-order valence-corrected chi connectivity index (χ1v) is 5.65. The highest BCUT2D eigenvalue weighted by Gasteiger charge is 2.10. The minimum Gasteiger partial charge on any atom is -0.496 e. The highest BCUT2D eigenvalue weighted by Crippen LogP contribution is 2.16. The van der Waals surface area contributed by atoms with Crippen LogP contribution in [-0.4, -0.2) is 23.0 Å². The predicted octanol–water partition coefficient (Wildman–Crippen LogP) is 0.709. The number of carbonyl (C=O) groups excluding carboxylic acids is 1. The van der Waals surface area contributed by atoms with Gasteiger partial charge in [0.2, 0.25) is 0 Å². The van der Waals surface area contributed by atoms with Crippen molar-refractivity contribution in [3.05, 3.63) is 58.3 Å². The molecule has 0 saturated carbocycles. The Kier molecular flexibility index (Phi) is 3.92. The van der Waals surface area contributed by atoms with Crippen molar-refractivity contribution in [3.63, 3.8) is 0 Å². The van der Waals surface area contributed by atoms with Gasteiger partial charge in [0.15, 0.2) is 0 Å². The van der Waals surface area contributed by atoms with Crippen LogP contribution in [0.2, 0.25) is 0 Å². The summed E-state index contributed by atoms with van der Waals surface area (Å²) in [5, 5.41) is 2.65. The largest absolute Gasteiger partial charge is 0.496 e. The van der Waals surface area contributed by atoms with Gasteiger partial charge in [0.1, 0.15) is 11.3 Å². The van der Waals surface area contributed by atoms with E-state index in [1.807, 2.05) is 18.2 Å². The van der Waals surface area contributed by atoms with Crippen LogP contribution in [0.4, 0.5) is 0 Å². The molecule has 0 radical (unpaired) electrons. The Labute approximate surface area is 109 Å². The number of nitrogens with zero attached hydrogens (tertiary/aromatic N) is 1. The fourth-order valence-corrected chi connectivity index (χ4v) is 1.63. The van der Waals surface area contributed by atoms with Crippen LogP contribution in [-0.2, 0) is 6.54 Å². The quantitative estimate of drug-likeness (QED) is 0.847. The summed E-state index contributed by atoms with van der Waals surface area (Å²) >= 11 is 0. The van der Waals surface area contributed by atoms with E-state index in [0.717, 1.165) is 5.56 Å². The van der Waals surface area contributed by atoms with Crippen molar-refractivity contribution in [1.29, 1.82) is 0 Å². The van der Waals surface area contributed by atoms with Crippen LogP contribution in [0.1, 0.15) is 15.9 Å². The van der Waals surface area contributed by atoms with Gasteiger partial charge in [0, 0.05) is 18.3 Å². The molecular formula is C13H13N3O3. The highest BCUT2D eigenvalue weighted by molar-refractivity contribution is 5.93. The van der Waals surface area contributed by atoms with Gasteiger partial charge in [0.25, 0.3) is 11.5 Å². The van der Waals surface area contributed by atoms with Gasteiger partial charge < -0.3 is 15.0 Å². The molecule has 0 bridgehead atoms. The molecule has 0 aliphatic rings. The van der Waals surface area contributed by atoms with E-state index in [1.165, 1.54) is 12.5 Å². The Morgan fingerprint density at radius 3 is 2.95 bits per heavy atom. The first-order valence-electron chi connectivity index (χ1n) is 5.65. The van der Waals surface area contributed by atoms with Crippen molar-refractivity contribution in [2.24, 2.45) is 0 Å². The lowest BCUT2D eigenvalue weighted by atomic mass is 10.2. The number of aromatic amines is 1. The SMILES string of the molecule is COc1ccccc1CNC(=O)c1cnc[nH]c1=O. The number of H-pyrrole nitrogens is 1. The number of hydrogen-bond acceptors (Lipinski definition) is 4. The number of ether oxygens (including phenoxy) is 1. The maximum Gasteiger partial charge on any atom is 0.263 e. The first-order chi connectivity index (χ1) is 9.22. The van der Waals surface area contributed by atoms with Gasteiger partial charge in [-0.1, -0.05) is 18.2 Å². The van der Waals surface area contributed by atoms with Crippen LogP contribution >= 0.6 is 0 Å². The third-order valence-electron chi connectivity index (χ3n) is 2.59. The highest BCUT2D eigenvalue weighted by atomic mass is 16.5. The fourth-order valence-electron chi connectivity index (χ4n) is 1.63. The zero-order chi connectivity index (χ0) is 13.7. The summed E-state index contributed by atoms with van der Waals surface area (Å²) in [5.41, 5.74) is 0.351. The molecule has 1 aromatic heterocycles. The van der Waals surface area contributed by atoms with Crippen LogP contribution in [0.3, 0.4) is 0 Å². The van der Waals surface area contributed by atoms with Gasteiger partial charge in [-0.3, -0.25) is 9.59 Å². The Balaban J connectivity index is 2.09. The van der Waals surface area contributed by atoms with Crippen molar-refractivity contribution in [2.75, 3.05) is 7.11 Å². The number of benzene rings is 1. The molecule has 1 amide bonds. The monoisotopic (exact) mass is 259 g/mol. The van der Waals surface area contributed by atoms with Gasteiger partial charge in [0.05, 0.1) is 13.4 Å². The van der Waals surface area contributed by atoms with E-state index in [4.69, 9.17) is 4.74 Å². The van der Waals surface area contributed by atoms with Gasteiger partial charge in [-0.05, 0) is 6.07 Å². The number of para-hydroxylation sites is 1. The third kappa shape index (κ3) is 2.98. The third-order valence-corrected chi connectivity index (χ3v) is 2.59. The number of rotatable bonds is 4. The van der Waals surface area contributed by atoms with Gasteiger partial charge >= 0.3 is 0 Å². The van der Waals surface area contributed by atoms with Crippen LogP contribution < -0.4 is 15.6 Å². The van der Waals surface area contributed by atoms with Crippen molar-refractivity contribution in [1.82, 2.24) is 15.3 Å². The van der Waals surface area contributed by atoms with E-state index < -0.39 is 11.5 Å². The molecule has 2 aromatic rings. The maximum atomic E-state index is 11.8. The molecule has 2 N–H and O–H groups in total. The van der Waals surface area contributed by atoms with Crippen LogP contribution in [0, 0.1) is 0 Å². The number of amides is 1. The zero-order valence-corrected chi connectivity index (χ0v) is 10.3. The summed E-state index contributed by atoms with van der Waals surface area (Å²) in [6.45, 7) is 0.275. The lowest BCUT2D eigenvalue weighted by Crippen LogP contribution is -2.29. The molecule has 0 fully saturated rings. The smallest absolute Gasteiger partial charge is 0.263 e. The second-order valence-corrected chi connectivity index (χ2v) is 3.79. The van der Waals surface area contributed by atoms with Crippen LogP contribution in [0.15, 0.2) is 41.6 Å².